The summed E-state index contributed by atoms with van der Waals surface area (Å²) in [7, 11) is -4.66. The summed E-state index contributed by atoms with van der Waals surface area (Å²) >= 11 is 6.84. The Morgan fingerprint density at radius 1 is 1.57 bits per heavy atom. The van der Waals surface area contributed by atoms with Crippen molar-refractivity contribution in [1.29, 1.82) is 0 Å². The van der Waals surface area contributed by atoms with Crippen LogP contribution in [0.4, 0.5) is 4.79 Å². The summed E-state index contributed by atoms with van der Waals surface area (Å²) in [5.74, 6) is -0.502. The summed E-state index contributed by atoms with van der Waals surface area (Å²) in [5, 5.41) is -2.99. The first-order valence-electron chi connectivity index (χ1n) is 5.60. The predicted molar refractivity (Wildman–Crippen MR) is 76.8 cm³/mol. The van der Waals surface area contributed by atoms with Gasteiger partial charge in [-0.15, -0.1) is 22.9 Å². The van der Waals surface area contributed by atoms with Crippen LogP contribution in [-0.4, -0.2) is 58.2 Å². The molecule has 2 atom stereocenters. The van der Waals surface area contributed by atoms with Crippen molar-refractivity contribution in [2.24, 2.45) is 4.99 Å². The maximum atomic E-state index is 12.1. The van der Waals surface area contributed by atoms with E-state index in [4.69, 9.17) is 11.6 Å². The number of carbonyl (C=O) groups excluding carboxylic acids is 2. The lowest BCUT2D eigenvalue weighted by Crippen LogP contribution is -2.53. The Morgan fingerprint density at radius 2 is 2.24 bits per heavy atom. The monoisotopic (exact) mass is 351 g/mol. The lowest BCUT2D eigenvalue weighted by atomic mass is 10.2. The van der Waals surface area contributed by atoms with Gasteiger partial charge in [-0.05, 0) is 6.92 Å². The molecule has 2 unspecified atom stereocenters. The minimum absolute atomic E-state index is 0.303. The van der Waals surface area contributed by atoms with Crippen LogP contribution in [0.3, 0.4) is 0 Å². The van der Waals surface area contributed by atoms with Crippen LogP contribution in [0.25, 0.3) is 0 Å². The van der Waals surface area contributed by atoms with Gasteiger partial charge in [-0.2, -0.15) is 8.42 Å². The number of Topliss-reactive ketones (excluding diaryl/α,β-unsaturated/α-hetero) is 1. The van der Waals surface area contributed by atoms with E-state index in [1.165, 1.54) is 5.51 Å². The van der Waals surface area contributed by atoms with E-state index in [2.05, 4.69) is 9.98 Å². The van der Waals surface area contributed by atoms with Gasteiger partial charge in [0.2, 0.25) is 0 Å². The van der Waals surface area contributed by atoms with Gasteiger partial charge in [0.15, 0.2) is 11.2 Å². The number of hydrogen-bond acceptors (Lipinski definition) is 6. The number of alkyl halides is 1. The zero-order chi connectivity index (χ0) is 15.8. The average molecular weight is 352 g/mol. The van der Waals surface area contributed by atoms with Crippen molar-refractivity contribution >= 4 is 51.1 Å². The molecule has 0 aromatic carbocycles. The van der Waals surface area contributed by atoms with Crippen molar-refractivity contribution < 1.29 is 22.6 Å². The summed E-state index contributed by atoms with van der Waals surface area (Å²) in [4.78, 5) is 32.1. The summed E-state index contributed by atoms with van der Waals surface area (Å²) in [5.41, 5.74) is 1.94. The van der Waals surface area contributed by atoms with E-state index in [1.54, 1.807) is 6.92 Å². The molecule has 2 heterocycles. The number of aromatic nitrogens is 1. The fourth-order valence-corrected chi connectivity index (χ4v) is 4.05. The normalized spacial score (nSPS) is 22.6. The first-order valence-corrected chi connectivity index (χ1v) is 8.42. The van der Waals surface area contributed by atoms with Crippen molar-refractivity contribution in [2.45, 2.75) is 17.7 Å². The lowest BCUT2D eigenvalue weighted by Gasteiger charge is -2.31. The Labute approximate surface area is 129 Å². The van der Waals surface area contributed by atoms with Crippen molar-refractivity contribution in [2.75, 3.05) is 6.54 Å². The first kappa shape index (κ1) is 16.0. The molecule has 0 saturated heterocycles. The number of nitrogens with zero attached hydrogens (tertiary/aromatic N) is 3. The maximum Gasteiger partial charge on any atom is 0.344 e. The number of aryl methyl sites for hydroxylation is 1. The van der Waals surface area contributed by atoms with Crippen molar-refractivity contribution in [3.05, 3.63) is 16.1 Å². The Kier molecular flexibility index (Phi) is 4.42. The molecule has 0 saturated carbocycles. The van der Waals surface area contributed by atoms with Crippen molar-refractivity contribution in [3.63, 3.8) is 0 Å². The largest absolute Gasteiger partial charge is 0.344 e. The van der Waals surface area contributed by atoms with Crippen LogP contribution in [0.15, 0.2) is 10.5 Å². The molecule has 21 heavy (non-hydrogen) atoms. The van der Waals surface area contributed by atoms with Crippen molar-refractivity contribution in [3.8, 4) is 0 Å². The standard InChI is InChI=1S/C10H10ClN3O5S2/c1-5-8(20-4-13-5)7(15)3-14-9(21(17,18)19)6(11)2-12-10(14)16/h2,4,6,9H,3H2,1H3,(H,17,18,19). The van der Waals surface area contributed by atoms with Gasteiger partial charge in [-0.1, -0.05) is 0 Å². The molecule has 11 heteroatoms. The Bertz CT molecular complexity index is 714. The molecule has 1 N–H and O–H groups in total. The number of urea groups is 1. The zero-order valence-electron chi connectivity index (χ0n) is 10.6. The van der Waals surface area contributed by atoms with Gasteiger partial charge in [0.1, 0.15) is 5.38 Å². The smallest absolute Gasteiger partial charge is 0.294 e. The van der Waals surface area contributed by atoms with Gasteiger partial charge in [0, 0.05) is 6.21 Å². The van der Waals surface area contributed by atoms with E-state index >= 15 is 0 Å². The first-order chi connectivity index (χ1) is 9.71. The molecule has 2 rings (SSSR count). The number of halogens is 1. The fourth-order valence-electron chi connectivity index (χ4n) is 1.84. The van der Waals surface area contributed by atoms with Crippen LogP contribution in [0.5, 0.6) is 0 Å². The molecule has 1 aliphatic heterocycles. The molecule has 0 aliphatic carbocycles. The van der Waals surface area contributed by atoms with E-state index in [0.29, 0.717) is 15.5 Å². The predicted octanol–water partition coefficient (Wildman–Crippen LogP) is 0.962. The molecular formula is C10H10ClN3O5S2. The minimum Gasteiger partial charge on any atom is -0.294 e. The molecule has 1 aromatic heterocycles. The van der Waals surface area contributed by atoms with Crippen LogP contribution in [-0.2, 0) is 10.1 Å². The van der Waals surface area contributed by atoms with Gasteiger partial charge in [0.25, 0.3) is 10.1 Å². The van der Waals surface area contributed by atoms with Crippen molar-refractivity contribution in [1.82, 2.24) is 9.88 Å². The highest BCUT2D eigenvalue weighted by atomic mass is 35.5. The van der Waals surface area contributed by atoms with Gasteiger partial charge < -0.3 is 0 Å². The van der Waals surface area contributed by atoms with E-state index in [-0.39, 0.29) is 0 Å². The van der Waals surface area contributed by atoms with E-state index in [1.807, 2.05) is 0 Å². The number of ketones is 1. The third-order valence-electron chi connectivity index (χ3n) is 2.77. The number of carbonyl (C=O) groups is 2. The molecule has 8 nitrogen and oxygen atoms in total. The molecule has 0 radical (unpaired) electrons. The van der Waals surface area contributed by atoms with Gasteiger partial charge in [-0.25, -0.2) is 14.8 Å². The molecule has 114 valence electrons. The van der Waals surface area contributed by atoms with E-state index in [9.17, 15) is 22.6 Å². The molecule has 0 bridgehead atoms. The zero-order valence-corrected chi connectivity index (χ0v) is 13.0. The Morgan fingerprint density at radius 3 is 2.76 bits per heavy atom. The SMILES string of the molecule is Cc1ncsc1C(=O)CN1C(=O)N=CC(Cl)C1S(=O)(=O)O. The van der Waals surface area contributed by atoms with Crippen LogP contribution in [0, 0.1) is 6.92 Å². The molecular weight excluding hydrogens is 342 g/mol. The number of rotatable bonds is 4. The second-order valence-corrected chi connectivity index (χ2v) is 7.10. The number of hydrogen-bond donors (Lipinski definition) is 1. The molecule has 2 amide bonds. The Balaban J connectivity index is 2.31. The molecule has 1 aromatic rings. The maximum absolute atomic E-state index is 12.1. The summed E-state index contributed by atoms with van der Waals surface area (Å²) in [6.07, 6.45) is 0.918. The number of thiazole rings is 1. The summed E-state index contributed by atoms with van der Waals surface area (Å²) < 4.78 is 32.0. The molecule has 0 fully saturated rings. The highest BCUT2D eigenvalue weighted by Crippen LogP contribution is 2.22. The molecule has 1 aliphatic rings. The molecule has 0 spiro atoms. The third kappa shape index (κ3) is 3.28. The number of amides is 2. The second-order valence-electron chi connectivity index (χ2n) is 4.23. The van der Waals surface area contributed by atoms with Crippen LogP contribution >= 0.6 is 22.9 Å². The van der Waals surface area contributed by atoms with Gasteiger partial charge in [-0.3, -0.25) is 14.2 Å². The quantitative estimate of drug-likeness (QED) is 0.490. The van der Waals surface area contributed by atoms with E-state index in [0.717, 1.165) is 17.6 Å². The highest BCUT2D eigenvalue weighted by molar-refractivity contribution is 7.86. The Hall–Kier alpha value is -1.36. The average Bonchev–Trinajstić information content (AvgIpc) is 2.78. The lowest BCUT2D eigenvalue weighted by molar-refractivity contribution is 0.0941. The van der Waals surface area contributed by atoms with Crippen LogP contribution in [0.1, 0.15) is 15.4 Å². The summed E-state index contributed by atoms with van der Waals surface area (Å²) in [6.45, 7) is 1.05. The highest BCUT2D eigenvalue weighted by Gasteiger charge is 2.42. The number of aliphatic imine (C=N–C) groups is 1. The van der Waals surface area contributed by atoms with Crippen LogP contribution < -0.4 is 0 Å². The summed E-state index contributed by atoms with van der Waals surface area (Å²) in [6, 6.07) is -0.954. The third-order valence-corrected chi connectivity index (χ3v) is 5.40. The minimum atomic E-state index is -4.66. The van der Waals surface area contributed by atoms with Gasteiger partial charge >= 0.3 is 6.03 Å². The fraction of sp³-hybridized carbons (Fsp3) is 0.400. The second kappa shape index (κ2) is 5.79. The van der Waals surface area contributed by atoms with E-state index < -0.39 is 39.2 Å². The van der Waals surface area contributed by atoms with Gasteiger partial charge in [0.05, 0.1) is 22.6 Å². The topological polar surface area (TPSA) is 117 Å². The van der Waals surface area contributed by atoms with Crippen LogP contribution in [0.2, 0.25) is 0 Å².